The van der Waals surface area contributed by atoms with E-state index in [1.807, 2.05) is 24.3 Å². The van der Waals surface area contributed by atoms with Gasteiger partial charge in [0.05, 0.1) is 31.8 Å². The summed E-state index contributed by atoms with van der Waals surface area (Å²) in [6.07, 6.45) is 1.45. The maximum atomic E-state index is 13.3. The molecule has 144 valence electrons. The van der Waals surface area contributed by atoms with E-state index in [-0.39, 0.29) is 37.7 Å². The number of hydrogen-bond donors (Lipinski definition) is 1. The van der Waals surface area contributed by atoms with Gasteiger partial charge < -0.3 is 13.7 Å². The van der Waals surface area contributed by atoms with E-state index in [0.29, 0.717) is 17.4 Å². The number of nitrogens with one attached hydrogen (secondary N) is 1. The molecule has 0 amide bonds. The number of hydrogen-bond acceptors (Lipinski definition) is 7. The molecule has 0 bridgehead atoms. The maximum Gasteiger partial charge on any atom is 0.262 e. The average molecular weight is 399 g/mol. The van der Waals surface area contributed by atoms with Crippen LogP contribution < -0.4 is 10.1 Å². The topological polar surface area (TPSA) is 86.2 Å². The van der Waals surface area contributed by atoms with Crippen molar-refractivity contribution in [2.45, 2.75) is 24.8 Å². The van der Waals surface area contributed by atoms with Crippen LogP contribution in [-0.2, 0) is 6.42 Å². The third kappa shape index (κ3) is 4.25. The lowest BCUT2D eigenvalue weighted by molar-refractivity contribution is 0.0200. The van der Waals surface area contributed by atoms with Crippen molar-refractivity contribution in [1.82, 2.24) is 20.4 Å². The van der Waals surface area contributed by atoms with Gasteiger partial charge in [-0.2, -0.15) is 4.98 Å². The Morgan fingerprint density at radius 3 is 2.70 bits per heavy atom. The predicted octanol–water partition coefficient (Wildman–Crippen LogP) is 3.42. The second kappa shape index (κ2) is 7.61. The van der Waals surface area contributed by atoms with E-state index in [1.54, 1.807) is 7.11 Å². The molecule has 2 aromatic heterocycles. The van der Waals surface area contributed by atoms with Gasteiger partial charge >= 0.3 is 0 Å². The molecule has 0 radical (unpaired) electrons. The summed E-state index contributed by atoms with van der Waals surface area (Å²) in [5.74, 6) is -1.02. The minimum Gasteiger partial charge on any atom is -0.497 e. The van der Waals surface area contributed by atoms with Crippen LogP contribution in [0.25, 0.3) is 11.5 Å². The third-order valence-corrected chi connectivity index (χ3v) is 4.12. The Kier molecular flexibility index (Phi) is 5.43. The Morgan fingerprint density at radius 2 is 2.04 bits per heavy atom. The van der Waals surface area contributed by atoms with Crippen LogP contribution in [0.1, 0.15) is 29.9 Å². The zero-order chi connectivity index (χ0) is 18.1. The standard InChI is InChI=1S/C17H16F2N4O3.ClH/c1-24-12-4-2-10(3-5-12)15-21-11(8-25-15)6-14-22-16(26-23-14)13-7-17(18,19)9-20-13;/h2-5,8,13,20H,6-7,9H2,1H3;1H. The van der Waals surface area contributed by atoms with E-state index in [4.69, 9.17) is 13.7 Å². The second-order valence-corrected chi connectivity index (χ2v) is 6.09. The van der Waals surface area contributed by atoms with Gasteiger partial charge in [-0.1, -0.05) is 5.16 Å². The van der Waals surface area contributed by atoms with Crippen LogP contribution >= 0.6 is 12.4 Å². The fraction of sp³-hybridized carbons (Fsp3) is 0.353. The van der Waals surface area contributed by atoms with Crippen LogP contribution in [0.2, 0.25) is 0 Å². The Bertz CT molecular complexity index is 898. The lowest BCUT2D eigenvalue weighted by Crippen LogP contribution is -2.19. The summed E-state index contributed by atoms with van der Waals surface area (Å²) in [4.78, 5) is 8.58. The number of oxazole rings is 1. The molecule has 3 aromatic rings. The first-order valence-electron chi connectivity index (χ1n) is 8.05. The van der Waals surface area contributed by atoms with Crippen molar-refractivity contribution in [2.24, 2.45) is 0 Å². The van der Waals surface area contributed by atoms with Crippen LogP contribution in [0, 0.1) is 0 Å². The van der Waals surface area contributed by atoms with Gasteiger partial charge in [0.1, 0.15) is 12.0 Å². The highest BCUT2D eigenvalue weighted by molar-refractivity contribution is 5.85. The molecule has 4 rings (SSSR count). The van der Waals surface area contributed by atoms with Gasteiger partial charge in [-0.3, -0.25) is 5.32 Å². The predicted molar refractivity (Wildman–Crippen MR) is 93.2 cm³/mol. The van der Waals surface area contributed by atoms with Crippen LogP contribution in [0.4, 0.5) is 8.78 Å². The van der Waals surface area contributed by atoms with Crippen LogP contribution in [0.3, 0.4) is 0 Å². The number of rotatable bonds is 5. The number of aromatic nitrogens is 3. The number of halogens is 3. The summed E-state index contributed by atoms with van der Waals surface area (Å²) in [6, 6.07) is 6.68. The van der Waals surface area contributed by atoms with Crippen molar-refractivity contribution in [2.75, 3.05) is 13.7 Å². The molecular weight excluding hydrogens is 382 g/mol. The van der Waals surface area contributed by atoms with E-state index >= 15 is 0 Å². The third-order valence-electron chi connectivity index (χ3n) is 4.12. The maximum absolute atomic E-state index is 13.3. The van der Waals surface area contributed by atoms with Crippen LogP contribution in [0.5, 0.6) is 5.75 Å². The quantitative estimate of drug-likeness (QED) is 0.704. The minimum atomic E-state index is -2.75. The van der Waals surface area contributed by atoms with Gasteiger partial charge in [0, 0.05) is 12.0 Å². The monoisotopic (exact) mass is 398 g/mol. The van der Waals surface area contributed by atoms with Crippen molar-refractivity contribution >= 4 is 12.4 Å². The van der Waals surface area contributed by atoms with Crippen molar-refractivity contribution in [1.29, 1.82) is 0 Å². The number of nitrogens with zero attached hydrogens (tertiary/aromatic N) is 3. The molecule has 10 heteroatoms. The van der Waals surface area contributed by atoms with E-state index in [2.05, 4.69) is 20.4 Å². The van der Waals surface area contributed by atoms with Gasteiger partial charge in [0.2, 0.25) is 11.8 Å². The number of alkyl halides is 2. The molecule has 3 heterocycles. The molecule has 1 aromatic carbocycles. The van der Waals surface area contributed by atoms with Gasteiger partial charge in [0.15, 0.2) is 5.82 Å². The highest BCUT2D eigenvalue weighted by Gasteiger charge is 2.42. The molecule has 1 saturated heterocycles. The Morgan fingerprint density at radius 1 is 1.26 bits per heavy atom. The summed E-state index contributed by atoms with van der Waals surface area (Å²) >= 11 is 0. The lowest BCUT2D eigenvalue weighted by atomic mass is 10.2. The zero-order valence-corrected chi connectivity index (χ0v) is 15.1. The van der Waals surface area contributed by atoms with E-state index in [0.717, 1.165) is 11.3 Å². The molecule has 1 unspecified atom stereocenters. The molecular formula is C17H17ClF2N4O3. The second-order valence-electron chi connectivity index (χ2n) is 6.09. The summed E-state index contributed by atoms with van der Waals surface area (Å²) in [7, 11) is 1.60. The summed E-state index contributed by atoms with van der Waals surface area (Å²) in [6.45, 7) is -0.385. The number of methoxy groups -OCH3 is 1. The first-order valence-corrected chi connectivity index (χ1v) is 8.05. The normalized spacial score (nSPS) is 18.3. The SMILES string of the molecule is COc1ccc(-c2nc(Cc3noc(C4CC(F)(F)CN4)n3)co2)cc1.Cl. The minimum absolute atomic E-state index is 0. The molecule has 1 aliphatic heterocycles. The van der Waals surface area contributed by atoms with Gasteiger partial charge in [-0.15, -0.1) is 12.4 Å². The molecule has 1 aliphatic rings. The average Bonchev–Trinajstić information content (AvgIpc) is 3.35. The Balaban J connectivity index is 0.00000210. The molecule has 0 spiro atoms. The highest BCUT2D eigenvalue weighted by atomic mass is 35.5. The molecule has 0 saturated carbocycles. The summed E-state index contributed by atoms with van der Waals surface area (Å²) < 4.78 is 42.2. The fourth-order valence-corrected chi connectivity index (χ4v) is 2.79. The Labute approximate surface area is 159 Å². The first-order chi connectivity index (χ1) is 12.5. The number of ether oxygens (including phenoxy) is 1. The summed E-state index contributed by atoms with van der Waals surface area (Å²) in [5.41, 5.74) is 1.43. The lowest BCUT2D eigenvalue weighted by Gasteiger charge is -2.04. The first kappa shape index (κ1) is 19.2. The van der Waals surface area contributed by atoms with Crippen molar-refractivity contribution in [3.8, 4) is 17.2 Å². The molecule has 1 fully saturated rings. The summed E-state index contributed by atoms with van der Waals surface area (Å²) in [5, 5.41) is 6.52. The van der Waals surface area contributed by atoms with Crippen LogP contribution in [-0.4, -0.2) is 34.7 Å². The van der Waals surface area contributed by atoms with Crippen molar-refractivity contribution < 1.29 is 22.5 Å². The van der Waals surface area contributed by atoms with Crippen molar-refractivity contribution in [3.63, 3.8) is 0 Å². The highest BCUT2D eigenvalue weighted by Crippen LogP contribution is 2.33. The fourth-order valence-electron chi connectivity index (χ4n) is 2.79. The number of benzene rings is 1. The molecule has 0 aliphatic carbocycles. The zero-order valence-electron chi connectivity index (χ0n) is 14.3. The van der Waals surface area contributed by atoms with E-state index in [1.165, 1.54) is 6.26 Å². The molecule has 7 nitrogen and oxygen atoms in total. The smallest absolute Gasteiger partial charge is 0.262 e. The van der Waals surface area contributed by atoms with Gasteiger partial charge in [0.25, 0.3) is 5.92 Å². The van der Waals surface area contributed by atoms with E-state index in [9.17, 15) is 8.78 Å². The van der Waals surface area contributed by atoms with Crippen molar-refractivity contribution in [3.05, 3.63) is 47.9 Å². The van der Waals surface area contributed by atoms with Gasteiger partial charge in [-0.25, -0.2) is 13.8 Å². The van der Waals surface area contributed by atoms with E-state index < -0.39 is 12.0 Å². The molecule has 1 N–H and O–H groups in total. The molecule has 1 atom stereocenters. The molecule has 27 heavy (non-hydrogen) atoms. The Hall–Kier alpha value is -2.52. The van der Waals surface area contributed by atoms with Crippen LogP contribution in [0.15, 0.2) is 39.5 Å². The largest absolute Gasteiger partial charge is 0.497 e. The van der Waals surface area contributed by atoms with Gasteiger partial charge in [-0.05, 0) is 24.3 Å².